The molecule has 2 aromatic rings. The molecule has 0 spiro atoms. The van der Waals surface area contributed by atoms with Crippen molar-refractivity contribution in [3.05, 3.63) is 59.2 Å². The van der Waals surface area contributed by atoms with Crippen molar-refractivity contribution < 1.29 is 22.7 Å². The van der Waals surface area contributed by atoms with Gasteiger partial charge in [0.2, 0.25) is 5.91 Å². The van der Waals surface area contributed by atoms with E-state index in [-0.39, 0.29) is 22.9 Å². The first-order chi connectivity index (χ1) is 16.2. The zero-order chi connectivity index (χ0) is 25.1. The molecular weight excluding hydrogens is 454 g/mol. The van der Waals surface area contributed by atoms with Crippen LogP contribution >= 0.6 is 0 Å². The molecule has 0 unspecified atom stereocenters. The fourth-order valence-corrected chi connectivity index (χ4v) is 4.69. The summed E-state index contributed by atoms with van der Waals surface area (Å²) in [5, 5.41) is 2.72. The molecule has 0 heterocycles. The molecular formula is C25H35N3O5S. The molecule has 9 heteroatoms. The fourth-order valence-electron chi connectivity index (χ4n) is 3.36. The number of likely N-dealkylation sites (N-methyl/N-ethyl adjacent to an activating group) is 1. The Morgan fingerprint density at radius 2 is 1.76 bits per heavy atom. The van der Waals surface area contributed by atoms with Crippen molar-refractivity contribution in [3.8, 4) is 0 Å². The van der Waals surface area contributed by atoms with Crippen LogP contribution in [0.3, 0.4) is 0 Å². The topological polar surface area (TPSA) is 105 Å². The highest BCUT2D eigenvalue weighted by molar-refractivity contribution is 7.92. The first kappa shape index (κ1) is 27.3. The third kappa shape index (κ3) is 8.14. The lowest BCUT2D eigenvalue weighted by Gasteiger charge is -2.18. The summed E-state index contributed by atoms with van der Waals surface area (Å²) < 4.78 is 33.7. The van der Waals surface area contributed by atoms with Crippen molar-refractivity contribution in [2.24, 2.45) is 0 Å². The minimum atomic E-state index is -3.91. The van der Waals surface area contributed by atoms with Gasteiger partial charge in [-0.3, -0.25) is 14.3 Å². The molecule has 0 bridgehead atoms. The Balaban J connectivity index is 2.10. The lowest BCUT2D eigenvalue weighted by Crippen LogP contribution is -2.38. The first-order valence-electron chi connectivity index (χ1n) is 11.4. The van der Waals surface area contributed by atoms with E-state index in [1.165, 1.54) is 18.0 Å². The second-order valence-electron chi connectivity index (χ2n) is 8.24. The maximum atomic E-state index is 13.1. The largest absolute Gasteiger partial charge is 0.385 e. The van der Waals surface area contributed by atoms with E-state index >= 15 is 0 Å². The van der Waals surface area contributed by atoms with Gasteiger partial charge in [0.15, 0.2) is 0 Å². The van der Waals surface area contributed by atoms with Crippen LogP contribution in [0, 0.1) is 6.92 Å². The quantitative estimate of drug-likeness (QED) is 0.420. The van der Waals surface area contributed by atoms with Crippen molar-refractivity contribution in [2.45, 2.75) is 44.4 Å². The number of anilines is 1. The third-order valence-electron chi connectivity index (χ3n) is 5.32. The van der Waals surface area contributed by atoms with Gasteiger partial charge in [-0.25, -0.2) is 8.42 Å². The minimum Gasteiger partial charge on any atom is -0.385 e. The van der Waals surface area contributed by atoms with Gasteiger partial charge >= 0.3 is 0 Å². The summed E-state index contributed by atoms with van der Waals surface area (Å²) in [5.74, 6) is -0.736. The monoisotopic (exact) mass is 489 g/mol. The Bertz CT molecular complexity index is 1070. The van der Waals surface area contributed by atoms with Crippen molar-refractivity contribution in [2.75, 3.05) is 38.6 Å². The van der Waals surface area contributed by atoms with Crippen LogP contribution in [0.1, 0.15) is 47.7 Å². The number of hydrogen-bond acceptors (Lipinski definition) is 5. The maximum absolute atomic E-state index is 13.1. The summed E-state index contributed by atoms with van der Waals surface area (Å²) in [6, 6.07) is 11.8. The summed E-state index contributed by atoms with van der Waals surface area (Å²) in [5.41, 5.74) is 2.32. The number of ether oxygens (including phenoxy) is 1. The number of rotatable bonds is 13. The Morgan fingerprint density at radius 3 is 2.41 bits per heavy atom. The maximum Gasteiger partial charge on any atom is 0.262 e. The second-order valence-corrected chi connectivity index (χ2v) is 9.89. The van der Waals surface area contributed by atoms with E-state index in [4.69, 9.17) is 4.74 Å². The van der Waals surface area contributed by atoms with Crippen LogP contribution in [0.5, 0.6) is 0 Å². The molecule has 2 rings (SSSR count). The van der Waals surface area contributed by atoms with Crippen LogP contribution in [-0.2, 0) is 26.0 Å². The van der Waals surface area contributed by atoms with Crippen LogP contribution < -0.4 is 10.0 Å². The van der Waals surface area contributed by atoms with Gasteiger partial charge in [-0.2, -0.15) is 0 Å². The molecule has 2 amide bonds. The average Bonchev–Trinajstić information content (AvgIpc) is 2.81. The van der Waals surface area contributed by atoms with Gasteiger partial charge in [-0.05, 0) is 61.6 Å². The zero-order valence-corrected chi connectivity index (χ0v) is 21.2. The number of benzene rings is 2. The van der Waals surface area contributed by atoms with E-state index in [2.05, 4.69) is 17.0 Å². The molecule has 0 atom stereocenters. The lowest BCUT2D eigenvalue weighted by molar-refractivity contribution is -0.121. The molecule has 0 aliphatic carbocycles. The molecule has 8 nitrogen and oxygen atoms in total. The Hall–Kier alpha value is -2.91. The molecule has 0 saturated heterocycles. The first-order valence-corrected chi connectivity index (χ1v) is 12.9. The highest BCUT2D eigenvalue weighted by atomic mass is 32.2. The molecule has 0 aliphatic rings. The van der Waals surface area contributed by atoms with Gasteiger partial charge in [0.05, 0.1) is 11.4 Å². The van der Waals surface area contributed by atoms with Crippen molar-refractivity contribution in [1.82, 2.24) is 10.2 Å². The van der Waals surface area contributed by atoms with E-state index in [9.17, 15) is 18.0 Å². The van der Waals surface area contributed by atoms with E-state index in [0.29, 0.717) is 30.8 Å². The number of nitrogens with zero attached hydrogens (tertiary/aromatic N) is 1. The molecule has 2 aromatic carbocycles. The average molecular weight is 490 g/mol. The van der Waals surface area contributed by atoms with Crippen molar-refractivity contribution in [1.29, 1.82) is 0 Å². The number of carbonyl (C=O) groups is 2. The summed E-state index contributed by atoms with van der Waals surface area (Å²) in [6.07, 6.45) is 3.80. The number of nitrogens with one attached hydrogen (secondary N) is 2. The van der Waals surface area contributed by atoms with Gasteiger partial charge < -0.3 is 15.0 Å². The number of hydrogen-bond donors (Lipinski definition) is 2. The number of aryl methyl sites for hydroxylation is 2. The Morgan fingerprint density at radius 1 is 1.06 bits per heavy atom. The summed E-state index contributed by atoms with van der Waals surface area (Å²) in [6.45, 7) is 4.65. The van der Waals surface area contributed by atoms with E-state index in [1.54, 1.807) is 38.3 Å². The Labute approximate surface area is 202 Å². The summed E-state index contributed by atoms with van der Waals surface area (Å²) >= 11 is 0. The number of methoxy groups -OCH3 is 1. The lowest BCUT2D eigenvalue weighted by atomic mass is 10.1. The summed E-state index contributed by atoms with van der Waals surface area (Å²) in [4.78, 5) is 26.2. The van der Waals surface area contributed by atoms with Crippen LogP contribution in [0.15, 0.2) is 47.4 Å². The highest BCUT2D eigenvalue weighted by Crippen LogP contribution is 2.22. The number of unbranched alkanes of at least 4 members (excludes halogenated alkanes) is 1. The SMILES string of the molecule is CCCCc1ccc(NS(=O)(=O)c2cc(C(=O)N(C)CC(=O)NCCCOC)ccc2C)cc1. The van der Waals surface area contributed by atoms with E-state index < -0.39 is 15.9 Å². The molecule has 0 aliphatic heterocycles. The minimum absolute atomic E-state index is 0.0193. The molecule has 0 fully saturated rings. The molecule has 186 valence electrons. The van der Waals surface area contributed by atoms with Gasteiger partial charge in [-0.15, -0.1) is 0 Å². The van der Waals surface area contributed by atoms with Crippen molar-refractivity contribution >= 4 is 27.5 Å². The Kier molecular flexibility index (Phi) is 10.5. The molecule has 0 aromatic heterocycles. The normalized spacial score (nSPS) is 11.2. The van der Waals surface area contributed by atoms with E-state index in [0.717, 1.165) is 24.8 Å². The standard InChI is InChI=1S/C25H35N3O5S/c1-5-6-8-20-10-13-22(14-11-20)27-34(31,32)23-17-21(12-9-19(23)2)25(30)28(3)18-24(29)26-15-7-16-33-4/h9-14,17,27H,5-8,15-16,18H2,1-4H3,(H,26,29). The van der Waals surface area contributed by atoms with Gasteiger partial charge in [0, 0.05) is 38.6 Å². The summed E-state index contributed by atoms with van der Waals surface area (Å²) in [7, 11) is -0.817. The van der Waals surface area contributed by atoms with Gasteiger partial charge in [0.25, 0.3) is 15.9 Å². The predicted octanol–water partition coefficient (Wildman–Crippen LogP) is 3.36. The zero-order valence-electron chi connectivity index (χ0n) is 20.4. The molecule has 34 heavy (non-hydrogen) atoms. The van der Waals surface area contributed by atoms with Crippen LogP contribution in [0.4, 0.5) is 5.69 Å². The van der Waals surface area contributed by atoms with Crippen molar-refractivity contribution in [3.63, 3.8) is 0 Å². The van der Waals surface area contributed by atoms with E-state index in [1.807, 2.05) is 12.1 Å². The van der Waals surface area contributed by atoms with Gasteiger partial charge in [0.1, 0.15) is 0 Å². The van der Waals surface area contributed by atoms with Crippen LogP contribution in [0.2, 0.25) is 0 Å². The van der Waals surface area contributed by atoms with Crippen LogP contribution in [0.25, 0.3) is 0 Å². The fraction of sp³-hybridized carbons (Fsp3) is 0.440. The predicted molar refractivity (Wildman–Crippen MR) is 134 cm³/mol. The number of carbonyl (C=O) groups excluding carboxylic acids is 2. The van der Waals surface area contributed by atoms with Gasteiger partial charge in [-0.1, -0.05) is 31.5 Å². The number of sulfonamides is 1. The number of amides is 2. The molecule has 2 N–H and O–H groups in total. The molecule has 0 saturated carbocycles. The highest BCUT2D eigenvalue weighted by Gasteiger charge is 2.21. The third-order valence-corrected chi connectivity index (χ3v) is 6.85. The van der Waals surface area contributed by atoms with Crippen LogP contribution in [-0.4, -0.2) is 59.0 Å². The molecule has 0 radical (unpaired) electrons. The second kappa shape index (κ2) is 13.1. The smallest absolute Gasteiger partial charge is 0.262 e.